The van der Waals surface area contributed by atoms with Crippen molar-refractivity contribution in [1.82, 2.24) is 10.2 Å². The predicted octanol–water partition coefficient (Wildman–Crippen LogP) is 1.79. The summed E-state index contributed by atoms with van der Waals surface area (Å²) in [5.41, 5.74) is 1.01. The molecule has 6 nitrogen and oxygen atoms in total. The van der Waals surface area contributed by atoms with Gasteiger partial charge in [0, 0.05) is 37.8 Å². The van der Waals surface area contributed by atoms with Gasteiger partial charge in [-0.05, 0) is 25.5 Å². The molecule has 0 radical (unpaired) electrons. The number of hydrogen-bond acceptors (Lipinski definition) is 5. The lowest BCUT2D eigenvalue weighted by Crippen LogP contribution is -2.57. The Morgan fingerprint density at radius 1 is 1.50 bits per heavy atom. The van der Waals surface area contributed by atoms with Crippen LogP contribution < -0.4 is 10.1 Å². The molecule has 2 rings (SSSR count). The number of nitro groups is 1. The van der Waals surface area contributed by atoms with Gasteiger partial charge in [0.1, 0.15) is 0 Å². The molecule has 0 atom stereocenters. The summed E-state index contributed by atoms with van der Waals surface area (Å²) in [4.78, 5) is 13.0. The third-order valence-electron chi connectivity index (χ3n) is 3.79. The van der Waals surface area contributed by atoms with Crippen LogP contribution in [-0.4, -0.2) is 42.1 Å². The second kappa shape index (κ2) is 5.76. The fourth-order valence-corrected chi connectivity index (χ4v) is 2.51. The number of rotatable bonds is 4. The van der Waals surface area contributed by atoms with Crippen molar-refractivity contribution in [2.24, 2.45) is 0 Å². The van der Waals surface area contributed by atoms with Gasteiger partial charge in [0.25, 0.3) is 0 Å². The maximum atomic E-state index is 11.1. The van der Waals surface area contributed by atoms with E-state index < -0.39 is 4.92 Å². The van der Waals surface area contributed by atoms with Crippen molar-refractivity contribution < 1.29 is 9.66 Å². The van der Waals surface area contributed by atoms with Gasteiger partial charge >= 0.3 is 5.69 Å². The summed E-state index contributed by atoms with van der Waals surface area (Å²) in [5.74, 6) is 0.304. The molecule has 6 heteroatoms. The molecule has 0 saturated carbocycles. The van der Waals surface area contributed by atoms with Crippen molar-refractivity contribution in [2.45, 2.75) is 25.9 Å². The van der Waals surface area contributed by atoms with E-state index in [-0.39, 0.29) is 11.2 Å². The van der Waals surface area contributed by atoms with E-state index in [0.29, 0.717) is 12.3 Å². The summed E-state index contributed by atoms with van der Waals surface area (Å²) < 4.78 is 5.03. The van der Waals surface area contributed by atoms with Crippen LogP contribution in [0.2, 0.25) is 0 Å². The second-order valence-corrected chi connectivity index (χ2v) is 5.67. The monoisotopic (exact) mass is 279 g/mol. The lowest BCUT2D eigenvalue weighted by molar-refractivity contribution is -0.385. The minimum atomic E-state index is -0.398. The number of ether oxygens (including phenoxy) is 1. The van der Waals surface area contributed by atoms with Gasteiger partial charge in [0.05, 0.1) is 12.0 Å². The predicted molar refractivity (Wildman–Crippen MR) is 77.0 cm³/mol. The molecule has 0 bridgehead atoms. The second-order valence-electron chi connectivity index (χ2n) is 5.67. The van der Waals surface area contributed by atoms with Gasteiger partial charge in [-0.1, -0.05) is 6.07 Å². The van der Waals surface area contributed by atoms with Crippen molar-refractivity contribution in [1.29, 1.82) is 0 Å². The van der Waals surface area contributed by atoms with E-state index in [1.165, 1.54) is 7.11 Å². The molecule has 110 valence electrons. The zero-order chi connectivity index (χ0) is 14.8. The van der Waals surface area contributed by atoms with Gasteiger partial charge in [0.2, 0.25) is 0 Å². The van der Waals surface area contributed by atoms with Gasteiger partial charge in [0.15, 0.2) is 5.75 Å². The van der Waals surface area contributed by atoms with Crippen LogP contribution in [0.25, 0.3) is 0 Å². The molecule has 1 saturated heterocycles. The third kappa shape index (κ3) is 3.08. The van der Waals surface area contributed by atoms with Crippen LogP contribution >= 0.6 is 0 Å². The highest BCUT2D eigenvalue weighted by Crippen LogP contribution is 2.29. The van der Waals surface area contributed by atoms with E-state index in [1.54, 1.807) is 12.1 Å². The van der Waals surface area contributed by atoms with E-state index in [1.807, 2.05) is 6.07 Å². The number of nitrogens with zero attached hydrogens (tertiary/aromatic N) is 2. The van der Waals surface area contributed by atoms with E-state index in [4.69, 9.17) is 4.74 Å². The summed E-state index contributed by atoms with van der Waals surface area (Å²) in [6, 6.07) is 5.17. The number of nitrogens with one attached hydrogen (secondary N) is 1. The molecule has 0 amide bonds. The van der Waals surface area contributed by atoms with E-state index in [2.05, 4.69) is 24.1 Å². The van der Waals surface area contributed by atoms with Crippen LogP contribution in [0.15, 0.2) is 18.2 Å². The summed E-state index contributed by atoms with van der Waals surface area (Å²) in [5, 5.41) is 14.4. The molecule has 0 spiro atoms. The first-order valence-electron chi connectivity index (χ1n) is 6.71. The molecular weight excluding hydrogens is 258 g/mol. The maximum absolute atomic E-state index is 11.1. The molecular formula is C14H21N3O3. The Labute approximate surface area is 118 Å². The zero-order valence-corrected chi connectivity index (χ0v) is 12.2. The molecule has 1 aliphatic rings. The SMILES string of the molecule is COc1ccc(CN2CCNCC2(C)C)cc1[N+](=O)[O-]. The van der Waals surface area contributed by atoms with Crippen LogP contribution in [0.3, 0.4) is 0 Å². The van der Waals surface area contributed by atoms with Gasteiger partial charge in [-0.2, -0.15) is 0 Å². The summed E-state index contributed by atoms with van der Waals surface area (Å²) in [6.45, 7) is 7.87. The Balaban J connectivity index is 2.21. The Morgan fingerprint density at radius 2 is 2.25 bits per heavy atom. The highest BCUT2D eigenvalue weighted by atomic mass is 16.6. The van der Waals surface area contributed by atoms with Crippen molar-refractivity contribution >= 4 is 5.69 Å². The highest BCUT2D eigenvalue weighted by molar-refractivity contribution is 5.48. The van der Waals surface area contributed by atoms with Gasteiger partial charge in [-0.3, -0.25) is 15.0 Å². The Kier molecular flexibility index (Phi) is 4.25. The number of hydrogen-bond donors (Lipinski definition) is 1. The minimum Gasteiger partial charge on any atom is -0.490 e. The lowest BCUT2D eigenvalue weighted by atomic mass is 9.99. The molecule has 0 aliphatic carbocycles. The van der Waals surface area contributed by atoms with Crippen LogP contribution in [0, 0.1) is 10.1 Å². The Morgan fingerprint density at radius 3 is 2.85 bits per heavy atom. The van der Waals surface area contributed by atoms with Crippen LogP contribution in [0.5, 0.6) is 5.75 Å². The molecule has 1 aromatic rings. The lowest BCUT2D eigenvalue weighted by Gasteiger charge is -2.42. The Bertz CT molecular complexity index is 502. The first-order valence-corrected chi connectivity index (χ1v) is 6.71. The summed E-state index contributed by atoms with van der Waals surface area (Å²) in [7, 11) is 1.45. The normalized spacial score (nSPS) is 18.8. The summed E-state index contributed by atoms with van der Waals surface area (Å²) >= 11 is 0. The molecule has 20 heavy (non-hydrogen) atoms. The van der Waals surface area contributed by atoms with Crippen LogP contribution in [0.4, 0.5) is 5.69 Å². The molecule has 1 fully saturated rings. The minimum absolute atomic E-state index is 0.0259. The van der Waals surface area contributed by atoms with E-state index in [9.17, 15) is 10.1 Å². The van der Waals surface area contributed by atoms with Crippen LogP contribution in [-0.2, 0) is 6.54 Å². The zero-order valence-electron chi connectivity index (χ0n) is 12.2. The molecule has 1 aliphatic heterocycles. The average Bonchev–Trinajstić information content (AvgIpc) is 2.41. The fraction of sp³-hybridized carbons (Fsp3) is 0.571. The first-order chi connectivity index (χ1) is 9.44. The topological polar surface area (TPSA) is 67.6 Å². The van der Waals surface area contributed by atoms with Crippen molar-refractivity contribution in [2.75, 3.05) is 26.7 Å². The Hall–Kier alpha value is -1.66. The quantitative estimate of drug-likeness (QED) is 0.672. The first kappa shape index (κ1) is 14.7. The van der Waals surface area contributed by atoms with Gasteiger partial charge < -0.3 is 10.1 Å². The van der Waals surface area contributed by atoms with Crippen molar-refractivity contribution in [3.63, 3.8) is 0 Å². The maximum Gasteiger partial charge on any atom is 0.311 e. The number of piperazine rings is 1. The van der Waals surface area contributed by atoms with Gasteiger partial charge in [-0.25, -0.2) is 0 Å². The van der Waals surface area contributed by atoms with Crippen LogP contribution in [0.1, 0.15) is 19.4 Å². The summed E-state index contributed by atoms with van der Waals surface area (Å²) in [6.07, 6.45) is 0. The molecule has 1 heterocycles. The number of methoxy groups -OCH3 is 1. The van der Waals surface area contributed by atoms with Crippen molar-refractivity contribution in [3.05, 3.63) is 33.9 Å². The molecule has 1 N–H and O–H groups in total. The van der Waals surface area contributed by atoms with Crippen molar-refractivity contribution in [3.8, 4) is 5.75 Å². The molecule has 0 aromatic heterocycles. The fourth-order valence-electron chi connectivity index (χ4n) is 2.51. The third-order valence-corrected chi connectivity index (χ3v) is 3.79. The highest BCUT2D eigenvalue weighted by Gasteiger charge is 2.29. The number of benzene rings is 1. The molecule has 0 unspecified atom stereocenters. The largest absolute Gasteiger partial charge is 0.490 e. The van der Waals surface area contributed by atoms with Gasteiger partial charge in [-0.15, -0.1) is 0 Å². The molecule has 1 aromatic carbocycles. The standard InChI is InChI=1S/C14H21N3O3/c1-14(2)10-15-6-7-16(14)9-11-4-5-13(20-3)12(8-11)17(18)19/h4-5,8,15H,6-7,9-10H2,1-3H3. The average molecular weight is 279 g/mol. The smallest absolute Gasteiger partial charge is 0.311 e. The number of nitro benzene ring substituents is 1. The van der Waals surface area contributed by atoms with E-state index in [0.717, 1.165) is 25.2 Å². The van der Waals surface area contributed by atoms with E-state index >= 15 is 0 Å².